The van der Waals surface area contributed by atoms with Crippen LogP contribution in [0, 0.1) is 32.0 Å². The van der Waals surface area contributed by atoms with Gasteiger partial charge in [-0.1, -0.05) is 24.3 Å². The van der Waals surface area contributed by atoms with Crippen molar-refractivity contribution in [1.29, 1.82) is 0 Å². The third-order valence-electron chi connectivity index (χ3n) is 5.18. The van der Waals surface area contributed by atoms with Gasteiger partial charge in [0.1, 0.15) is 11.6 Å². The average molecular weight is 405 g/mol. The van der Waals surface area contributed by atoms with Crippen LogP contribution in [0.5, 0.6) is 5.75 Å². The van der Waals surface area contributed by atoms with Gasteiger partial charge >= 0.3 is 0 Å². The smallest absolute Gasteiger partial charge is 0.214 e. The molecular weight excluding hydrogens is 377 g/mol. The number of hydrogen-bond acceptors (Lipinski definition) is 3. The van der Waals surface area contributed by atoms with Crippen LogP contribution in [0.4, 0.5) is 4.39 Å². The number of sulfonamides is 1. The lowest BCUT2D eigenvalue weighted by molar-refractivity contribution is 0.185. The number of piperidine rings is 1. The molecular formula is C22H27FNO3S. The Balaban J connectivity index is 1.47. The van der Waals surface area contributed by atoms with Crippen LogP contribution >= 0.6 is 0 Å². The molecule has 2 aromatic rings. The molecule has 0 unspecified atom stereocenters. The minimum absolute atomic E-state index is 0.0672. The molecule has 0 bridgehead atoms. The number of benzene rings is 2. The summed E-state index contributed by atoms with van der Waals surface area (Å²) in [5.41, 5.74) is 2.99. The zero-order chi connectivity index (χ0) is 20.1. The van der Waals surface area contributed by atoms with Gasteiger partial charge in [-0.15, -0.1) is 0 Å². The minimum Gasteiger partial charge on any atom is -0.493 e. The Bertz CT molecular complexity index is 888. The van der Waals surface area contributed by atoms with Crippen LogP contribution in [-0.4, -0.2) is 38.2 Å². The summed E-state index contributed by atoms with van der Waals surface area (Å²) in [6.07, 6.45) is 3.21. The van der Waals surface area contributed by atoms with Crippen LogP contribution in [0.25, 0.3) is 0 Å². The van der Waals surface area contributed by atoms with Crippen LogP contribution < -0.4 is 4.74 Å². The number of aryl methyl sites for hydroxylation is 2. The quantitative estimate of drug-likeness (QED) is 0.698. The average Bonchev–Trinajstić information content (AvgIpc) is 2.68. The van der Waals surface area contributed by atoms with Gasteiger partial charge < -0.3 is 4.74 Å². The highest BCUT2D eigenvalue weighted by atomic mass is 32.2. The normalized spacial score (nSPS) is 16.2. The zero-order valence-electron chi connectivity index (χ0n) is 16.4. The second-order valence-corrected chi connectivity index (χ2v) is 9.47. The summed E-state index contributed by atoms with van der Waals surface area (Å²) in [4.78, 5) is 0. The maximum Gasteiger partial charge on any atom is 0.214 e. The summed E-state index contributed by atoms with van der Waals surface area (Å²) in [5, 5.41) is 0. The SMILES string of the molecule is Cc1ccc(C)c(OCC2CCN(S(=O)(=O)C[CH]c3ccc(F)cc3)CC2)c1. The van der Waals surface area contributed by atoms with E-state index in [0.29, 0.717) is 31.2 Å². The largest absolute Gasteiger partial charge is 0.493 e. The molecule has 0 amide bonds. The number of hydrogen-bond donors (Lipinski definition) is 0. The molecule has 0 saturated carbocycles. The molecule has 2 aromatic carbocycles. The first kappa shape index (κ1) is 20.8. The molecule has 1 aliphatic heterocycles. The Kier molecular flexibility index (Phi) is 6.73. The molecule has 1 saturated heterocycles. The lowest BCUT2D eigenvalue weighted by Crippen LogP contribution is -2.40. The highest BCUT2D eigenvalue weighted by Gasteiger charge is 2.28. The third kappa shape index (κ3) is 5.55. The second-order valence-electron chi connectivity index (χ2n) is 7.46. The Hall–Kier alpha value is -1.92. The first-order valence-corrected chi connectivity index (χ1v) is 11.2. The van der Waals surface area contributed by atoms with Crippen molar-refractivity contribution in [3.63, 3.8) is 0 Å². The molecule has 1 radical (unpaired) electrons. The van der Waals surface area contributed by atoms with E-state index in [-0.39, 0.29) is 11.6 Å². The number of rotatable bonds is 7. The van der Waals surface area contributed by atoms with Gasteiger partial charge in [0.15, 0.2) is 0 Å². The maximum atomic E-state index is 13.0. The summed E-state index contributed by atoms with van der Waals surface area (Å²) in [6, 6.07) is 12.0. The molecule has 0 aliphatic carbocycles. The van der Waals surface area contributed by atoms with Crippen molar-refractivity contribution in [3.05, 3.63) is 71.4 Å². The molecule has 0 spiro atoms. The topological polar surface area (TPSA) is 46.6 Å². The van der Waals surface area contributed by atoms with Gasteiger partial charge in [-0.2, -0.15) is 0 Å². The van der Waals surface area contributed by atoms with Crippen molar-refractivity contribution in [2.24, 2.45) is 5.92 Å². The molecule has 6 heteroatoms. The van der Waals surface area contributed by atoms with Crippen molar-refractivity contribution >= 4 is 10.0 Å². The molecule has 4 nitrogen and oxygen atoms in total. The van der Waals surface area contributed by atoms with Crippen molar-refractivity contribution in [3.8, 4) is 5.75 Å². The lowest BCUT2D eigenvalue weighted by atomic mass is 9.99. The number of nitrogens with zero attached hydrogens (tertiary/aromatic N) is 1. The summed E-state index contributed by atoms with van der Waals surface area (Å²) >= 11 is 0. The van der Waals surface area contributed by atoms with Crippen LogP contribution in [0.15, 0.2) is 42.5 Å². The molecule has 1 fully saturated rings. The molecule has 28 heavy (non-hydrogen) atoms. The van der Waals surface area contributed by atoms with E-state index in [9.17, 15) is 12.8 Å². The van der Waals surface area contributed by atoms with Gasteiger partial charge in [0.05, 0.1) is 12.4 Å². The third-order valence-corrected chi connectivity index (χ3v) is 6.92. The zero-order valence-corrected chi connectivity index (χ0v) is 17.2. The van der Waals surface area contributed by atoms with Gasteiger partial charge in [0.2, 0.25) is 10.0 Å². The first-order valence-electron chi connectivity index (χ1n) is 9.60. The minimum atomic E-state index is -3.35. The van der Waals surface area contributed by atoms with Crippen LogP contribution in [0.3, 0.4) is 0 Å². The molecule has 1 heterocycles. The fraction of sp³-hybridized carbons (Fsp3) is 0.409. The molecule has 3 rings (SSSR count). The summed E-state index contributed by atoms with van der Waals surface area (Å²) in [6.45, 7) is 5.71. The van der Waals surface area contributed by atoms with E-state index in [1.54, 1.807) is 22.9 Å². The predicted molar refractivity (Wildman–Crippen MR) is 109 cm³/mol. The Morgan fingerprint density at radius 2 is 1.79 bits per heavy atom. The molecule has 0 atom stereocenters. The van der Waals surface area contributed by atoms with Crippen LogP contribution in [0.1, 0.15) is 29.5 Å². The maximum absolute atomic E-state index is 13.0. The highest BCUT2D eigenvalue weighted by molar-refractivity contribution is 7.89. The Morgan fingerprint density at radius 3 is 2.46 bits per heavy atom. The number of halogens is 1. The van der Waals surface area contributed by atoms with Gasteiger partial charge in [-0.3, -0.25) is 0 Å². The predicted octanol–water partition coefficient (Wildman–Crippen LogP) is 4.12. The second kappa shape index (κ2) is 9.05. The summed E-state index contributed by atoms with van der Waals surface area (Å²) in [7, 11) is -3.35. The van der Waals surface area contributed by atoms with E-state index in [4.69, 9.17) is 4.74 Å². The van der Waals surface area contributed by atoms with E-state index in [0.717, 1.165) is 24.2 Å². The van der Waals surface area contributed by atoms with E-state index in [2.05, 4.69) is 12.1 Å². The van der Waals surface area contributed by atoms with Crippen molar-refractivity contribution < 1.29 is 17.5 Å². The lowest BCUT2D eigenvalue weighted by Gasteiger charge is -2.31. The molecule has 151 valence electrons. The van der Waals surface area contributed by atoms with Gasteiger partial charge in [0, 0.05) is 19.5 Å². The molecule has 1 aliphatic rings. The summed E-state index contributed by atoms with van der Waals surface area (Å²) < 4.78 is 45.7. The van der Waals surface area contributed by atoms with Gasteiger partial charge in [0.25, 0.3) is 0 Å². The number of ether oxygens (including phenoxy) is 1. The molecule has 0 N–H and O–H groups in total. The van der Waals surface area contributed by atoms with Gasteiger partial charge in [-0.05, 0) is 67.5 Å². The fourth-order valence-electron chi connectivity index (χ4n) is 3.33. The van der Waals surface area contributed by atoms with Crippen molar-refractivity contribution in [2.75, 3.05) is 25.4 Å². The standard InChI is InChI=1S/C22H27FNO3S/c1-17-3-4-18(2)22(15-17)27-16-20-9-12-24(13-10-20)28(25,26)14-11-19-5-7-21(23)8-6-19/h3-8,11,15,20H,9-10,12-14,16H2,1-2H3. The first-order chi connectivity index (χ1) is 13.3. The summed E-state index contributed by atoms with van der Waals surface area (Å²) in [5.74, 6) is 0.865. The van der Waals surface area contributed by atoms with Gasteiger partial charge in [-0.25, -0.2) is 17.1 Å². The highest BCUT2D eigenvalue weighted by Crippen LogP contribution is 2.24. The van der Waals surface area contributed by atoms with Crippen LogP contribution in [-0.2, 0) is 10.0 Å². The molecule has 0 aromatic heterocycles. The van der Waals surface area contributed by atoms with E-state index in [1.807, 2.05) is 19.9 Å². The Labute approximate surface area is 167 Å². The van der Waals surface area contributed by atoms with E-state index in [1.165, 1.54) is 17.7 Å². The van der Waals surface area contributed by atoms with Crippen LogP contribution in [0.2, 0.25) is 0 Å². The van der Waals surface area contributed by atoms with Crippen molar-refractivity contribution in [1.82, 2.24) is 4.31 Å². The van der Waals surface area contributed by atoms with E-state index >= 15 is 0 Å². The fourth-order valence-corrected chi connectivity index (χ4v) is 4.71. The van der Waals surface area contributed by atoms with E-state index < -0.39 is 10.0 Å². The van der Waals surface area contributed by atoms with Crippen molar-refractivity contribution in [2.45, 2.75) is 26.7 Å². The Morgan fingerprint density at radius 1 is 1.11 bits per heavy atom. The monoisotopic (exact) mass is 404 g/mol.